The van der Waals surface area contributed by atoms with Gasteiger partial charge < -0.3 is 5.32 Å². The average Bonchev–Trinajstić information content (AvgIpc) is 3.23. The van der Waals surface area contributed by atoms with E-state index in [2.05, 4.69) is 26.3 Å². The van der Waals surface area contributed by atoms with Crippen LogP contribution in [-0.4, -0.2) is 47.0 Å². The van der Waals surface area contributed by atoms with Gasteiger partial charge in [0, 0.05) is 36.3 Å². The molecular formula is C27H29BrClN5O2S. The van der Waals surface area contributed by atoms with Crippen LogP contribution >= 0.6 is 27.5 Å². The van der Waals surface area contributed by atoms with Gasteiger partial charge in [-0.2, -0.15) is 13.9 Å². The highest BCUT2D eigenvalue weighted by Crippen LogP contribution is 2.32. The fraction of sp³-hybridized carbons (Fsp3) is 0.333. The van der Waals surface area contributed by atoms with Crippen LogP contribution in [0.3, 0.4) is 0 Å². The number of nitrogens with one attached hydrogen (secondary N) is 1. The Morgan fingerprint density at radius 1 is 1.08 bits per heavy atom. The minimum atomic E-state index is -3.52. The molecule has 2 aromatic heterocycles. The number of benzene rings is 2. The minimum absolute atomic E-state index is 0.331. The van der Waals surface area contributed by atoms with Gasteiger partial charge in [-0.05, 0) is 72.7 Å². The summed E-state index contributed by atoms with van der Waals surface area (Å²) in [6.07, 6.45) is 3.29. The lowest BCUT2D eigenvalue weighted by molar-refractivity contribution is 0.282. The zero-order chi connectivity index (χ0) is 26.3. The van der Waals surface area contributed by atoms with Gasteiger partial charge in [-0.1, -0.05) is 47.5 Å². The molecule has 2 aromatic carbocycles. The molecule has 5 rings (SSSR count). The molecule has 0 radical (unpaired) electrons. The molecule has 0 saturated carbocycles. The van der Waals surface area contributed by atoms with Crippen LogP contribution in [0.25, 0.3) is 16.9 Å². The average molecular weight is 603 g/mol. The topological polar surface area (TPSA) is 79.6 Å². The fourth-order valence-electron chi connectivity index (χ4n) is 5.17. The number of aromatic nitrogens is 3. The highest BCUT2D eigenvalue weighted by Gasteiger charge is 2.31. The quantitative estimate of drug-likeness (QED) is 0.282. The molecule has 37 heavy (non-hydrogen) atoms. The van der Waals surface area contributed by atoms with E-state index in [1.165, 1.54) is 0 Å². The minimum Gasteiger partial charge on any atom is -0.370 e. The van der Waals surface area contributed by atoms with E-state index in [4.69, 9.17) is 16.6 Å². The van der Waals surface area contributed by atoms with Crippen LogP contribution in [0.1, 0.15) is 29.5 Å². The number of sulfonamides is 1. The number of hydrogen-bond donors (Lipinski definition) is 1. The Morgan fingerprint density at radius 3 is 2.43 bits per heavy atom. The Hall–Kier alpha value is -2.46. The van der Waals surface area contributed by atoms with E-state index in [0.29, 0.717) is 41.1 Å². The normalized spacial score (nSPS) is 15.4. The van der Waals surface area contributed by atoms with Crippen molar-refractivity contribution in [2.75, 3.05) is 25.0 Å². The summed E-state index contributed by atoms with van der Waals surface area (Å²) in [7, 11) is -3.52. The number of nitrogens with zero attached hydrogens (tertiary/aromatic N) is 4. The van der Waals surface area contributed by atoms with Gasteiger partial charge in [-0.3, -0.25) is 0 Å². The van der Waals surface area contributed by atoms with Crippen molar-refractivity contribution in [1.29, 1.82) is 0 Å². The van der Waals surface area contributed by atoms with Gasteiger partial charge in [0.15, 0.2) is 5.65 Å². The first-order chi connectivity index (χ1) is 17.6. The lowest BCUT2D eigenvalue weighted by atomic mass is 9.98. The van der Waals surface area contributed by atoms with Gasteiger partial charge in [-0.25, -0.2) is 13.4 Å². The summed E-state index contributed by atoms with van der Waals surface area (Å²) in [5.41, 5.74) is 5.00. The van der Waals surface area contributed by atoms with Crippen LogP contribution in [0.5, 0.6) is 0 Å². The summed E-state index contributed by atoms with van der Waals surface area (Å²) in [6.45, 7) is 7.46. The van der Waals surface area contributed by atoms with E-state index in [1.807, 2.05) is 63.2 Å². The molecule has 0 aliphatic carbocycles. The molecule has 1 N–H and O–H groups in total. The molecule has 194 valence electrons. The molecule has 4 aromatic rings. The monoisotopic (exact) mass is 601 g/mol. The second kappa shape index (κ2) is 10.4. The molecule has 0 amide bonds. The van der Waals surface area contributed by atoms with Crippen molar-refractivity contribution in [3.8, 4) is 11.3 Å². The molecule has 0 bridgehead atoms. The van der Waals surface area contributed by atoms with Crippen molar-refractivity contribution in [1.82, 2.24) is 18.9 Å². The van der Waals surface area contributed by atoms with Gasteiger partial charge in [-0.15, -0.1) is 0 Å². The van der Waals surface area contributed by atoms with E-state index in [1.54, 1.807) is 15.0 Å². The summed E-state index contributed by atoms with van der Waals surface area (Å²) in [5, 5.41) is 8.64. The van der Waals surface area contributed by atoms with Crippen LogP contribution < -0.4 is 5.32 Å². The number of rotatable bonds is 6. The SMILES string of the molecule is Cc1cc(C)c(S(=O)(=O)N2CCC(CNc3cc(-c4ccccc4Cl)nc4c(Br)cnn34)CC2)c(C)c1. The second-order valence-electron chi connectivity index (χ2n) is 9.69. The van der Waals surface area contributed by atoms with Crippen LogP contribution in [-0.2, 0) is 10.0 Å². The van der Waals surface area contributed by atoms with Gasteiger partial charge in [0.2, 0.25) is 10.0 Å². The molecule has 1 aliphatic heterocycles. The smallest absolute Gasteiger partial charge is 0.243 e. The molecule has 3 heterocycles. The van der Waals surface area contributed by atoms with E-state index in [-0.39, 0.29) is 0 Å². The Labute approximate surface area is 231 Å². The number of halogens is 2. The predicted octanol–water partition coefficient (Wildman–Crippen LogP) is 6.25. The van der Waals surface area contributed by atoms with Crippen molar-refractivity contribution < 1.29 is 8.42 Å². The van der Waals surface area contributed by atoms with Crippen LogP contribution in [0.15, 0.2) is 58.0 Å². The van der Waals surface area contributed by atoms with Crippen molar-refractivity contribution in [2.24, 2.45) is 5.92 Å². The van der Waals surface area contributed by atoms with E-state index in [0.717, 1.165) is 51.1 Å². The van der Waals surface area contributed by atoms with Gasteiger partial charge in [0.1, 0.15) is 5.82 Å². The summed E-state index contributed by atoms with van der Waals surface area (Å²) in [6, 6.07) is 13.5. The Bertz CT molecular complexity index is 1560. The molecule has 1 saturated heterocycles. The number of fused-ring (bicyclic) bond motifs is 1. The van der Waals surface area contributed by atoms with Crippen molar-refractivity contribution in [2.45, 2.75) is 38.5 Å². The molecular weight excluding hydrogens is 574 g/mol. The first-order valence-corrected chi connectivity index (χ1v) is 14.9. The zero-order valence-electron chi connectivity index (χ0n) is 21.0. The van der Waals surface area contributed by atoms with Gasteiger partial charge in [0.25, 0.3) is 0 Å². The van der Waals surface area contributed by atoms with Crippen LogP contribution in [0, 0.1) is 26.7 Å². The maximum atomic E-state index is 13.5. The maximum absolute atomic E-state index is 13.5. The molecule has 0 spiro atoms. The first-order valence-electron chi connectivity index (χ1n) is 12.3. The highest BCUT2D eigenvalue weighted by molar-refractivity contribution is 9.10. The van der Waals surface area contributed by atoms with Crippen molar-refractivity contribution in [3.05, 3.63) is 74.8 Å². The van der Waals surface area contributed by atoms with E-state index in [9.17, 15) is 8.42 Å². The van der Waals surface area contributed by atoms with Crippen LogP contribution in [0.2, 0.25) is 5.02 Å². The lowest BCUT2D eigenvalue weighted by Crippen LogP contribution is -2.40. The molecule has 10 heteroatoms. The van der Waals surface area contributed by atoms with Gasteiger partial charge in [0.05, 0.1) is 21.3 Å². The molecule has 1 fully saturated rings. The predicted molar refractivity (Wildman–Crippen MR) is 152 cm³/mol. The molecule has 1 aliphatic rings. The fourth-order valence-corrected chi connectivity index (χ4v) is 7.64. The van der Waals surface area contributed by atoms with Crippen molar-refractivity contribution in [3.63, 3.8) is 0 Å². The zero-order valence-corrected chi connectivity index (χ0v) is 24.2. The largest absolute Gasteiger partial charge is 0.370 e. The third-order valence-corrected chi connectivity index (χ3v) is 10.0. The summed E-state index contributed by atoms with van der Waals surface area (Å²) in [4.78, 5) is 5.21. The van der Waals surface area contributed by atoms with Crippen LogP contribution in [0.4, 0.5) is 5.82 Å². The molecule has 0 unspecified atom stereocenters. The number of aryl methyl sites for hydroxylation is 3. The standard InChI is InChI=1S/C27H29BrClN5O2S/c1-17-12-18(2)26(19(3)13-17)37(35,36)33-10-8-20(9-11-33)15-30-25-14-24(21-6-4-5-7-23(21)29)32-27-22(28)16-31-34(25)27/h4-7,12-14,16,20,30H,8-11,15H2,1-3H3. The van der Waals surface area contributed by atoms with Gasteiger partial charge >= 0.3 is 0 Å². The molecule has 0 atom stereocenters. The maximum Gasteiger partial charge on any atom is 0.243 e. The Kier molecular flexibility index (Phi) is 7.33. The van der Waals surface area contributed by atoms with E-state index < -0.39 is 10.0 Å². The second-order valence-corrected chi connectivity index (χ2v) is 12.8. The third-order valence-electron chi connectivity index (χ3n) is 6.93. The first kappa shape index (κ1) is 26.2. The number of anilines is 1. The third kappa shape index (κ3) is 5.14. The molecule has 7 nitrogen and oxygen atoms in total. The Morgan fingerprint density at radius 2 is 1.76 bits per heavy atom. The summed E-state index contributed by atoms with van der Waals surface area (Å²) in [5.74, 6) is 1.14. The Balaban J connectivity index is 1.31. The number of piperidine rings is 1. The number of hydrogen-bond acceptors (Lipinski definition) is 5. The highest BCUT2D eigenvalue weighted by atomic mass is 79.9. The summed E-state index contributed by atoms with van der Waals surface area (Å²) < 4.78 is 31.1. The lowest BCUT2D eigenvalue weighted by Gasteiger charge is -2.32. The van der Waals surface area contributed by atoms with E-state index >= 15 is 0 Å². The van der Waals surface area contributed by atoms with Crippen molar-refractivity contribution >= 4 is 49.0 Å². The summed E-state index contributed by atoms with van der Waals surface area (Å²) >= 11 is 9.99.